The summed E-state index contributed by atoms with van der Waals surface area (Å²) in [6, 6.07) is 14.9. The number of aromatic amines is 1. The number of fused-ring (bicyclic) bond motifs is 1. The molecule has 9 nitrogen and oxygen atoms in total. The molecule has 258 valence electrons. The Morgan fingerprint density at radius 1 is 1.08 bits per heavy atom. The number of aliphatic hydroxyl groups is 1. The topological polar surface area (TPSA) is 121 Å². The molecule has 3 aliphatic rings. The lowest BCUT2D eigenvalue weighted by atomic mass is 9.72. The van der Waals surface area contributed by atoms with Crippen molar-refractivity contribution in [2.75, 3.05) is 45.0 Å². The van der Waals surface area contributed by atoms with Gasteiger partial charge in [0.05, 0.1) is 16.7 Å². The van der Waals surface area contributed by atoms with E-state index in [0.29, 0.717) is 28.9 Å². The van der Waals surface area contributed by atoms with Crippen LogP contribution in [0.25, 0.3) is 10.9 Å². The summed E-state index contributed by atoms with van der Waals surface area (Å²) in [5.74, 6) is 1.54. The SMILES string of the molecule is CCC(CC)C1=NC(C(=O)N2CCCC3(CCN(Cc4cccc(CCNC[C@H](O)c5ccc(O)c6[nH]c(=O)ccc56)c4)CC3)C2)CS1. The number of rotatable bonds is 12. The van der Waals surface area contributed by atoms with Crippen molar-refractivity contribution in [3.8, 4) is 5.75 Å². The number of pyridine rings is 1. The number of hydrogen-bond donors (Lipinski definition) is 4. The summed E-state index contributed by atoms with van der Waals surface area (Å²) < 4.78 is 0. The average molecular weight is 674 g/mol. The molecule has 1 aromatic heterocycles. The lowest BCUT2D eigenvalue weighted by Gasteiger charge is -2.48. The van der Waals surface area contributed by atoms with Gasteiger partial charge in [-0.2, -0.15) is 0 Å². The quantitative estimate of drug-likeness (QED) is 0.194. The molecule has 2 aromatic carbocycles. The number of benzene rings is 2. The highest BCUT2D eigenvalue weighted by Crippen LogP contribution is 2.41. The molecule has 3 aromatic rings. The molecule has 4 N–H and O–H groups in total. The number of H-pyrrole nitrogens is 1. The Morgan fingerprint density at radius 3 is 2.67 bits per heavy atom. The zero-order valence-corrected chi connectivity index (χ0v) is 29.2. The van der Waals surface area contributed by atoms with Crippen LogP contribution >= 0.6 is 11.8 Å². The van der Waals surface area contributed by atoms with E-state index in [2.05, 4.69) is 58.2 Å². The summed E-state index contributed by atoms with van der Waals surface area (Å²) in [6.07, 6.45) is 6.83. The van der Waals surface area contributed by atoms with Gasteiger partial charge in [-0.15, -0.1) is 11.8 Å². The Bertz CT molecular complexity index is 1660. The minimum absolute atomic E-state index is 0.0111. The van der Waals surface area contributed by atoms with E-state index >= 15 is 0 Å². The molecule has 0 aliphatic carbocycles. The number of aromatic hydroxyl groups is 1. The van der Waals surface area contributed by atoms with Crippen LogP contribution in [-0.2, 0) is 17.8 Å². The number of thioether (sulfide) groups is 1. The first-order valence-electron chi connectivity index (χ1n) is 17.8. The molecule has 2 fully saturated rings. The first kappa shape index (κ1) is 34.7. The van der Waals surface area contributed by atoms with Crippen molar-refractivity contribution in [3.63, 3.8) is 0 Å². The summed E-state index contributed by atoms with van der Waals surface area (Å²) >= 11 is 1.80. The molecule has 6 rings (SSSR count). The molecule has 4 heterocycles. The number of amides is 1. The van der Waals surface area contributed by atoms with E-state index in [0.717, 1.165) is 83.5 Å². The summed E-state index contributed by atoms with van der Waals surface area (Å²) in [7, 11) is 0. The number of aromatic nitrogens is 1. The second-order valence-corrected chi connectivity index (χ2v) is 15.1. The first-order valence-corrected chi connectivity index (χ1v) is 18.8. The molecule has 10 heteroatoms. The standard InChI is InChI=1S/C38H51N5O4S/c1-3-28(4-2)36-40-31(24-48-36)37(47)43-18-6-14-38(25-43)15-19-42(20-16-38)23-27-8-5-7-26(21-27)13-17-39-22-33(45)29-9-11-32(44)35-30(29)10-12-34(46)41-35/h5,7-12,21,28,31,33,39,44-45H,3-4,6,13-20,22-25H2,1-2H3,(H,41,46)/t31?,33-/m0/s1. The van der Waals surface area contributed by atoms with E-state index in [1.54, 1.807) is 23.9 Å². The minimum Gasteiger partial charge on any atom is -0.506 e. The molecule has 1 spiro atoms. The van der Waals surface area contributed by atoms with Crippen molar-refractivity contribution in [1.82, 2.24) is 20.1 Å². The van der Waals surface area contributed by atoms with E-state index in [1.807, 2.05) is 0 Å². The van der Waals surface area contributed by atoms with Gasteiger partial charge >= 0.3 is 0 Å². The van der Waals surface area contributed by atoms with Crippen molar-refractivity contribution < 1.29 is 15.0 Å². The molecular weight excluding hydrogens is 623 g/mol. The lowest BCUT2D eigenvalue weighted by Crippen LogP contribution is -2.52. The van der Waals surface area contributed by atoms with Gasteiger partial charge in [-0.1, -0.05) is 44.2 Å². The van der Waals surface area contributed by atoms with Gasteiger partial charge in [-0.05, 0) is 98.8 Å². The van der Waals surface area contributed by atoms with Gasteiger partial charge in [0, 0.05) is 49.3 Å². The zero-order valence-electron chi connectivity index (χ0n) is 28.4. The first-order chi connectivity index (χ1) is 23.3. The summed E-state index contributed by atoms with van der Waals surface area (Å²) in [6.45, 7) is 10.3. The van der Waals surface area contributed by atoms with E-state index in [9.17, 15) is 19.8 Å². The number of nitrogens with zero attached hydrogens (tertiary/aromatic N) is 3. The van der Waals surface area contributed by atoms with Crippen LogP contribution < -0.4 is 10.9 Å². The van der Waals surface area contributed by atoms with Crippen molar-refractivity contribution in [2.24, 2.45) is 16.3 Å². The van der Waals surface area contributed by atoms with Gasteiger partial charge < -0.3 is 25.4 Å². The Hall–Kier alpha value is -3.18. The number of nitrogens with one attached hydrogen (secondary N) is 2. The summed E-state index contributed by atoms with van der Waals surface area (Å²) in [5, 5.41) is 26.2. The Kier molecular flexibility index (Phi) is 11.3. The molecule has 1 amide bonds. The largest absolute Gasteiger partial charge is 0.506 e. The van der Waals surface area contributed by atoms with Crippen LogP contribution in [0.2, 0.25) is 0 Å². The number of piperidine rings is 2. The molecule has 2 saturated heterocycles. The van der Waals surface area contributed by atoms with Gasteiger partial charge in [-0.25, -0.2) is 0 Å². The summed E-state index contributed by atoms with van der Waals surface area (Å²) in [4.78, 5) is 37.5. The third-order valence-corrected chi connectivity index (χ3v) is 12.0. The van der Waals surface area contributed by atoms with Crippen LogP contribution in [0.15, 0.2) is 58.3 Å². The monoisotopic (exact) mass is 673 g/mol. The number of hydrogen-bond acceptors (Lipinski definition) is 8. The van der Waals surface area contributed by atoms with Crippen LogP contribution in [-0.4, -0.2) is 87.0 Å². The Labute approximate surface area is 288 Å². The van der Waals surface area contributed by atoms with Crippen LogP contribution in [0.1, 0.15) is 75.2 Å². The lowest BCUT2D eigenvalue weighted by molar-refractivity contribution is -0.136. The number of aliphatic imine (C=N–C) groups is 1. The third-order valence-electron chi connectivity index (χ3n) is 10.8. The molecule has 0 bridgehead atoms. The van der Waals surface area contributed by atoms with Crippen molar-refractivity contribution in [1.29, 1.82) is 0 Å². The van der Waals surface area contributed by atoms with Gasteiger partial charge in [0.15, 0.2) is 0 Å². The maximum Gasteiger partial charge on any atom is 0.248 e. The van der Waals surface area contributed by atoms with Gasteiger partial charge in [0.1, 0.15) is 11.8 Å². The number of carbonyl (C=O) groups is 1. The van der Waals surface area contributed by atoms with Gasteiger partial charge in [0.25, 0.3) is 0 Å². The fourth-order valence-electron chi connectivity index (χ4n) is 7.85. The minimum atomic E-state index is -0.774. The fourth-order valence-corrected chi connectivity index (χ4v) is 9.17. The van der Waals surface area contributed by atoms with Gasteiger partial charge in [0.2, 0.25) is 11.5 Å². The highest BCUT2D eigenvalue weighted by Gasteiger charge is 2.41. The van der Waals surface area contributed by atoms with Crippen molar-refractivity contribution >= 4 is 33.6 Å². The Morgan fingerprint density at radius 2 is 1.88 bits per heavy atom. The molecular formula is C38H51N5O4S. The smallest absolute Gasteiger partial charge is 0.248 e. The number of phenolic OH excluding ortho intramolecular Hbond substituents is 1. The van der Waals surface area contributed by atoms with E-state index in [4.69, 9.17) is 4.99 Å². The summed E-state index contributed by atoms with van der Waals surface area (Å²) in [5.41, 5.74) is 3.53. The Balaban J connectivity index is 0.960. The number of likely N-dealkylation sites (tertiary alicyclic amines) is 2. The van der Waals surface area contributed by atoms with Crippen LogP contribution in [0, 0.1) is 11.3 Å². The van der Waals surface area contributed by atoms with Crippen LogP contribution in [0.5, 0.6) is 5.75 Å². The predicted octanol–water partition coefficient (Wildman–Crippen LogP) is 5.25. The second kappa shape index (κ2) is 15.6. The molecule has 1 unspecified atom stereocenters. The number of aliphatic hydroxyl groups excluding tert-OH is 1. The molecule has 0 radical (unpaired) electrons. The maximum atomic E-state index is 13.5. The molecule has 3 aliphatic heterocycles. The van der Waals surface area contributed by atoms with E-state index in [1.165, 1.54) is 34.7 Å². The van der Waals surface area contributed by atoms with Gasteiger partial charge in [-0.3, -0.25) is 19.5 Å². The highest BCUT2D eigenvalue weighted by molar-refractivity contribution is 8.14. The zero-order chi connectivity index (χ0) is 33.7. The molecule has 48 heavy (non-hydrogen) atoms. The number of phenols is 1. The van der Waals surface area contributed by atoms with Crippen molar-refractivity contribution in [3.05, 3.63) is 75.6 Å². The fraction of sp³-hybridized carbons (Fsp3) is 0.553. The average Bonchev–Trinajstić information content (AvgIpc) is 3.59. The predicted molar refractivity (Wildman–Crippen MR) is 195 cm³/mol. The second-order valence-electron chi connectivity index (χ2n) is 14.0. The molecule has 0 saturated carbocycles. The number of carbonyl (C=O) groups excluding carboxylic acids is 1. The van der Waals surface area contributed by atoms with E-state index < -0.39 is 6.10 Å². The van der Waals surface area contributed by atoms with Crippen LogP contribution in [0.4, 0.5) is 0 Å². The highest BCUT2D eigenvalue weighted by atomic mass is 32.2. The van der Waals surface area contributed by atoms with Crippen LogP contribution in [0.3, 0.4) is 0 Å². The van der Waals surface area contributed by atoms with E-state index in [-0.39, 0.29) is 28.7 Å². The third kappa shape index (κ3) is 7.99. The normalized spacial score (nSPS) is 20.5. The maximum absolute atomic E-state index is 13.5. The molecule has 2 atom stereocenters. The van der Waals surface area contributed by atoms with Crippen molar-refractivity contribution in [2.45, 2.75) is 77.5 Å².